The van der Waals surface area contributed by atoms with Gasteiger partial charge in [-0.3, -0.25) is 4.79 Å². The second-order valence-electron chi connectivity index (χ2n) is 4.59. The van der Waals surface area contributed by atoms with Crippen molar-refractivity contribution >= 4 is 5.91 Å². The monoisotopic (exact) mass is 277 g/mol. The Kier molecular flexibility index (Phi) is 4.52. The number of H-pyrrole nitrogens is 1. The molecule has 0 bridgehead atoms. The fourth-order valence-electron chi connectivity index (χ4n) is 2.00. The largest absolute Gasteiger partial charge is 0.383 e. The van der Waals surface area contributed by atoms with E-state index >= 15 is 0 Å². The zero-order chi connectivity index (χ0) is 14.5. The van der Waals surface area contributed by atoms with Crippen molar-refractivity contribution in [1.29, 1.82) is 0 Å². The lowest BCUT2D eigenvalue weighted by atomic mass is 10.2. The van der Waals surface area contributed by atoms with Gasteiger partial charge in [0.1, 0.15) is 6.33 Å². The SMILES string of the molecule is COCCn1cnnc1[C@H](C)NC(=O)c1cc[nH]c1C. The number of aryl methyl sites for hydroxylation is 1. The Bertz CT molecular complexity index is 575. The van der Waals surface area contributed by atoms with Crippen LogP contribution in [0.25, 0.3) is 0 Å². The van der Waals surface area contributed by atoms with Crippen LogP contribution in [-0.4, -0.2) is 39.4 Å². The van der Waals surface area contributed by atoms with Crippen LogP contribution in [0.5, 0.6) is 0 Å². The quantitative estimate of drug-likeness (QED) is 0.826. The van der Waals surface area contributed by atoms with Gasteiger partial charge in [-0.25, -0.2) is 0 Å². The van der Waals surface area contributed by atoms with Crippen LogP contribution >= 0.6 is 0 Å². The summed E-state index contributed by atoms with van der Waals surface area (Å²) in [6, 6.07) is 1.53. The van der Waals surface area contributed by atoms with Gasteiger partial charge in [0.25, 0.3) is 5.91 Å². The number of carbonyl (C=O) groups is 1. The smallest absolute Gasteiger partial charge is 0.253 e. The summed E-state index contributed by atoms with van der Waals surface area (Å²) in [6.45, 7) is 4.97. The first kappa shape index (κ1) is 14.3. The summed E-state index contributed by atoms with van der Waals surface area (Å²) < 4.78 is 6.91. The molecule has 1 amide bonds. The minimum absolute atomic E-state index is 0.127. The topological polar surface area (TPSA) is 84.8 Å². The Morgan fingerprint density at radius 3 is 3.05 bits per heavy atom. The lowest BCUT2D eigenvalue weighted by molar-refractivity contribution is 0.0936. The van der Waals surface area contributed by atoms with Crippen LogP contribution in [0.4, 0.5) is 0 Å². The molecule has 0 aromatic carbocycles. The molecule has 2 heterocycles. The lowest BCUT2D eigenvalue weighted by Gasteiger charge is -2.14. The summed E-state index contributed by atoms with van der Waals surface area (Å²) in [6.07, 6.45) is 3.38. The van der Waals surface area contributed by atoms with Gasteiger partial charge >= 0.3 is 0 Å². The van der Waals surface area contributed by atoms with Crippen LogP contribution in [0.1, 0.15) is 34.8 Å². The number of methoxy groups -OCH3 is 1. The molecule has 20 heavy (non-hydrogen) atoms. The molecule has 0 aliphatic carbocycles. The van der Waals surface area contributed by atoms with Crippen LogP contribution in [-0.2, 0) is 11.3 Å². The third-order valence-electron chi connectivity index (χ3n) is 3.12. The molecule has 0 aliphatic rings. The molecule has 7 nitrogen and oxygen atoms in total. The first-order chi connectivity index (χ1) is 9.63. The molecular formula is C13H19N5O2. The van der Waals surface area contributed by atoms with E-state index in [1.54, 1.807) is 25.7 Å². The first-order valence-electron chi connectivity index (χ1n) is 6.45. The molecule has 2 rings (SSSR count). The zero-order valence-electron chi connectivity index (χ0n) is 11.9. The standard InChI is InChI=1S/C13H19N5O2/c1-9-11(4-5-14-9)13(19)16-10(2)12-17-15-8-18(12)6-7-20-3/h4-5,8,10,14H,6-7H2,1-3H3,(H,16,19)/t10-/m0/s1. The van der Waals surface area contributed by atoms with Crippen molar-refractivity contribution in [2.45, 2.75) is 26.4 Å². The van der Waals surface area contributed by atoms with E-state index in [9.17, 15) is 4.79 Å². The van der Waals surface area contributed by atoms with Crippen LogP contribution in [0.3, 0.4) is 0 Å². The molecule has 0 unspecified atom stereocenters. The number of ether oxygens (including phenoxy) is 1. The predicted octanol–water partition coefficient (Wildman–Crippen LogP) is 1.05. The average molecular weight is 277 g/mol. The molecule has 0 radical (unpaired) electrons. The summed E-state index contributed by atoms with van der Waals surface area (Å²) in [5.74, 6) is 0.584. The number of nitrogens with zero attached hydrogens (tertiary/aromatic N) is 3. The molecule has 0 saturated carbocycles. The van der Waals surface area contributed by atoms with Crippen LogP contribution < -0.4 is 5.32 Å². The molecule has 108 valence electrons. The van der Waals surface area contributed by atoms with Crippen molar-refractivity contribution in [3.05, 3.63) is 35.7 Å². The zero-order valence-corrected chi connectivity index (χ0v) is 11.9. The van der Waals surface area contributed by atoms with Crippen molar-refractivity contribution in [1.82, 2.24) is 25.1 Å². The van der Waals surface area contributed by atoms with Gasteiger partial charge in [0, 0.05) is 25.5 Å². The molecular weight excluding hydrogens is 258 g/mol. The second-order valence-corrected chi connectivity index (χ2v) is 4.59. The van der Waals surface area contributed by atoms with E-state index in [1.165, 1.54) is 0 Å². The molecule has 0 spiro atoms. The fourth-order valence-corrected chi connectivity index (χ4v) is 2.00. The Labute approximate surface area is 117 Å². The van der Waals surface area contributed by atoms with Gasteiger partial charge in [-0.15, -0.1) is 10.2 Å². The minimum atomic E-state index is -0.226. The number of aromatic nitrogens is 4. The maximum absolute atomic E-state index is 12.1. The lowest BCUT2D eigenvalue weighted by Crippen LogP contribution is -2.29. The number of hydrogen-bond acceptors (Lipinski definition) is 4. The third-order valence-corrected chi connectivity index (χ3v) is 3.12. The van der Waals surface area contributed by atoms with Crippen molar-refractivity contribution in [3.63, 3.8) is 0 Å². The Morgan fingerprint density at radius 1 is 1.60 bits per heavy atom. The highest BCUT2D eigenvalue weighted by Crippen LogP contribution is 2.12. The maximum atomic E-state index is 12.1. The van der Waals surface area contributed by atoms with Gasteiger partial charge < -0.3 is 19.6 Å². The van der Waals surface area contributed by atoms with Gasteiger partial charge in [0.2, 0.25) is 0 Å². The Morgan fingerprint density at radius 2 is 2.40 bits per heavy atom. The Hall–Kier alpha value is -2.15. The van der Waals surface area contributed by atoms with E-state index in [0.717, 1.165) is 5.69 Å². The van der Waals surface area contributed by atoms with Crippen LogP contribution in [0, 0.1) is 6.92 Å². The highest BCUT2D eigenvalue weighted by molar-refractivity contribution is 5.95. The second kappa shape index (κ2) is 6.33. The highest BCUT2D eigenvalue weighted by atomic mass is 16.5. The van der Waals surface area contributed by atoms with E-state index in [4.69, 9.17) is 4.74 Å². The number of hydrogen-bond donors (Lipinski definition) is 2. The molecule has 0 aliphatic heterocycles. The number of aromatic amines is 1. The summed E-state index contributed by atoms with van der Waals surface area (Å²) in [7, 11) is 1.64. The van der Waals surface area contributed by atoms with E-state index < -0.39 is 0 Å². The molecule has 2 N–H and O–H groups in total. The van der Waals surface area contributed by atoms with Gasteiger partial charge in [-0.2, -0.15) is 0 Å². The summed E-state index contributed by atoms with van der Waals surface area (Å²) in [4.78, 5) is 15.1. The molecule has 2 aromatic rings. The predicted molar refractivity (Wildman–Crippen MR) is 73.3 cm³/mol. The molecule has 1 atom stereocenters. The number of amides is 1. The number of rotatable bonds is 6. The van der Waals surface area contributed by atoms with Gasteiger partial charge in [-0.05, 0) is 19.9 Å². The summed E-state index contributed by atoms with van der Waals surface area (Å²) in [5, 5.41) is 10.9. The Balaban J connectivity index is 2.05. The van der Waals surface area contributed by atoms with Crippen molar-refractivity contribution < 1.29 is 9.53 Å². The average Bonchev–Trinajstić information content (AvgIpc) is 3.04. The van der Waals surface area contributed by atoms with Crippen molar-refractivity contribution in [2.24, 2.45) is 0 Å². The summed E-state index contributed by atoms with van der Waals surface area (Å²) in [5.41, 5.74) is 1.48. The fraction of sp³-hybridized carbons (Fsp3) is 0.462. The summed E-state index contributed by atoms with van der Waals surface area (Å²) >= 11 is 0. The first-order valence-corrected chi connectivity index (χ1v) is 6.45. The minimum Gasteiger partial charge on any atom is -0.383 e. The molecule has 0 saturated heterocycles. The van der Waals surface area contributed by atoms with Crippen LogP contribution in [0.15, 0.2) is 18.6 Å². The maximum Gasteiger partial charge on any atom is 0.253 e. The third kappa shape index (κ3) is 3.05. The normalized spacial score (nSPS) is 12.3. The van der Waals surface area contributed by atoms with E-state index in [2.05, 4.69) is 20.5 Å². The van der Waals surface area contributed by atoms with Gasteiger partial charge in [0.15, 0.2) is 5.82 Å². The molecule has 0 fully saturated rings. The number of nitrogens with one attached hydrogen (secondary N) is 2. The van der Waals surface area contributed by atoms with Crippen molar-refractivity contribution in [3.8, 4) is 0 Å². The molecule has 7 heteroatoms. The molecule has 2 aromatic heterocycles. The van der Waals surface area contributed by atoms with Crippen LogP contribution in [0.2, 0.25) is 0 Å². The van der Waals surface area contributed by atoms with E-state index in [0.29, 0.717) is 24.5 Å². The van der Waals surface area contributed by atoms with Crippen molar-refractivity contribution in [2.75, 3.05) is 13.7 Å². The van der Waals surface area contributed by atoms with Gasteiger partial charge in [-0.1, -0.05) is 0 Å². The van der Waals surface area contributed by atoms with E-state index in [1.807, 2.05) is 18.4 Å². The van der Waals surface area contributed by atoms with Gasteiger partial charge in [0.05, 0.1) is 18.2 Å². The highest BCUT2D eigenvalue weighted by Gasteiger charge is 2.17. The number of carbonyl (C=O) groups excluding carboxylic acids is 1. The van der Waals surface area contributed by atoms with E-state index in [-0.39, 0.29) is 11.9 Å².